The van der Waals surface area contributed by atoms with Crippen LogP contribution in [-0.2, 0) is 0 Å². The Bertz CT molecular complexity index is 282. The molecule has 1 saturated heterocycles. The van der Waals surface area contributed by atoms with Crippen molar-refractivity contribution in [3.05, 3.63) is 35.9 Å². The average molecular weight is 204 g/mol. The van der Waals surface area contributed by atoms with Crippen LogP contribution < -0.4 is 5.32 Å². The molecule has 1 aromatic carbocycles. The molecule has 2 heteroatoms. The maximum atomic E-state index is 3.48. The van der Waals surface area contributed by atoms with Gasteiger partial charge < -0.3 is 5.32 Å². The van der Waals surface area contributed by atoms with E-state index < -0.39 is 0 Å². The maximum Gasteiger partial charge on any atom is 0.0473 e. The van der Waals surface area contributed by atoms with Gasteiger partial charge in [0.05, 0.1) is 0 Å². The van der Waals surface area contributed by atoms with Crippen molar-refractivity contribution in [1.29, 1.82) is 0 Å². The van der Waals surface area contributed by atoms with E-state index in [4.69, 9.17) is 0 Å². The highest BCUT2D eigenvalue weighted by Gasteiger charge is 2.22. The Morgan fingerprint density at radius 3 is 2.87 bits per heavy atom. The number of nitrogens with zero attached hydrogens (tertiary/aromatic N) is 1. The molecule has 0 aromatic heterocycles. The summed E-state index contributed by atoms with van der Waals surface area (Å²) in [5.41, 5.74) is 1.44. The normalized spacial score (nSPS) is 22.9. The maximum absolute atomic E-state index is 3.48. The van der Waals surface area contributed by atoms with Crippen molar-refractivity contribution in [2.24, 2.45) is 0 Å². The van der Waals surface area contributed by atoms with Crippen LogP contribution in [0.25, 0.3) is 0 Å². The standard InChI is InChI=1S/C13H20N2/c1-2-9-15-10-8-14-11-13(15)12-6-4-3-5-7-12/h3-7,13-14H,2,8-11H2,1H3. The first kappa shape index (κ1) is 10.7. The number of hydrogen-bond donors (Lipinski definition) is 1. The third-order valence-corrected chi connectivity index (χ3v) is 3.05. The van der Waals surface area contributed by atoms with Gasteiger partial charge in [0, 0.05) is 25.7 Å². The molecule has 0 spiro atoms. The molecule has 1 aliphatic heterocycles. The van der Waals surface area contributed by atoms with Gasteiger partial charge in [-0.05, 0) is 18.5 Å². The first-order valence-electron chi connectivity index (χ1n) is 5.91. The summed E-state index contributed by atoms with van der Waals surface area (Å²) in [5.74, 6) is 0. The zero-order valence-electron chi connectivity index (χ0n) is 9.45. The number of hydrogen-bond acceptors (Lipinski definition) is 2. The molecule has 0 bridgehead atoms. The molecule has 15 heavy (non-hydrogen) atoms. The van der Waals surface area contributed by atoms with Crippen molar-refractivity contribution in [2.45, 2.75) is 19.4 Å². The summed E-state index contributed by atoms with van der Waals surface area (Å²) >= 11 is 0. The Kier molecular flexibility index (Phi) is 3.75. The van der Waals surface area contributed by atoms with Crippen LogP contribution in [0.15, 0.2) is 30.3 Å². The van der Waals surface area contributed by atoms with Crippen LogP contribution in [0.2, 0.25) is 0 Å². The highest BCUT2D eigenvalue weighted by molar-refractivity contribution is 5.20. The van der Waals surface area contributed by atoms with Crippen LogP contribution in [0, 0.1) is 0 Å². The van der Waals surface area contributed by atoms with Gasteiger partial charge in [0.25, 0.3) is 0 Å². The molecular weight excluding hydrogens is 184 g/mol. The van der Waals surface area contributed by atoms with E-state index in [1.807, 2.05) is 0 Å². The zero-order valence-corrected chi connectivity index (χ0v) is 9.45. The van der Waals surface area contributed by atoms with E-state index in [2.05, 4.69) is 47.5 Å². The van der Waals surface area contributed by atoms with E-state index in [1.165, 1.54) is 25.1 Å². The molecule has 2 nitrogen and oxygen atoms in total. The van der Waals surface area contributed by atoms with Gasteiger partial charge in [-0.1, -0.05) is 37.3 Å². The fourth-order valence-electron chi connectivity index (χ4n) is 2.31. The second kappa shape index (κ2) is 5.29. The SMILES string of the molecule is CCCN1CCNCC1c1ccccc1. The van der Waals surface area contributed by atoms with Crippen LogP contribution in [-0.4, -0.2) is 31.1 Å². The Morgan fingerprint density at radius 1 is 1.33 bits per heavy atom. The summed E-state index contributed by atoms with van der Waals surface area (Å²) in [5, 5.41) is 3.48. The largest absolute Gasteiger partial charge is 0.314 e. The highest BCUT2D eigenvalue weighted by atomic mass is 15.2. The Hall–Kier alpha value is -0.860. The average Bonchev–Trinajstić information content (AvgIpc) is 2.31. The van der Waals surface area contributed by atoms with Gasteiger partial charge >= 0.3 is 0 Å². The smallest absolute Gasteiger partial charge is 0.0473 e. The van der Waals surface area contributed by atoms with Gasteiger partial charge in [-0.25, -0.2) is 0 Å². The zero-order chi connectivity index (χ0) is 10.5. The second-order valence-electron chi connectivity index (χ2n) is 4.17. The summed E-state index contributed by atoms with van der Waals surface area (Å²) in [6, 6.07) is 11.4. The minimum absolute atomic E-state index is 0.569. The quantitative estimate of drug-likeness (QED) is 0.810. The Morgan fingerprint density at radius 2 is 2.13 bits per heavy atom. The predicted molar refractivity (Wildman–Crippen MR) is 63.9 cm³/mol. The fourth-order valence-corrected chi connectivity index (χ4v) is 2.31. The van der Waals surface area contributed by atoms with Crippen LogP contribution in [0.1, 0.15) is 24.9 Å². The van der Waals surface area contributed by atoms with E-state index in [-0.39, 0.29) is 0 Å². The van der Waals surface area contributed by atoms with Gasteiger partial charge in [0.2, 0.25) is 0 Å². The molecule has 2 rings (SSSR count). The number of benzene rings is 1. The van der Waals surface area contributed by atoms with E-state index in [1.54, 1.807) is 0 Å². The monoisotopic (exact) mass is 204 g/mol. The third kappa shape index (κ3) is 2.58. The minimum atomic E-state index is 0.569. The molecular formula is C13H20N2. The first-order chi connectivity index (χ1) is 7.42. The third-order valence-electron chi connectivity index (χ3n) is 3.05. The minimum Gasteiger partial charge on any atom is -0.314 e. The van der Waals surface area contributed by atoms with Crippen molar-refractivity contribution in [3.63, 3.8) is 0 Å². The topological polar surface area (TPSA) is 15.3 Å². The summed E-state index contributed by atoms with van der Waals surface area (Å²) in [7, 11) is 0. The number of piperazine rings is 1. The van der Waals surface area contributed by atoms with Crippen molar-refractivity contribution < 1.29 is 0 Å². The number of rotatable bonds is 3. The molecule has 1 aliphatic rings. The van der Waals surface area contributed by atoms with Gasteiger partial charge in [-0.3, -0.25) is 4.90 Å². The molecule has 1 unspecified atom stereocenters. The van der Waals surface area contributed by atoms with Gasteiger partial charge in [-0.2, -0.15) is 0 Å². The van der Waals surface area contributed by atoms with Gasteiger partial charge in [0.15, 0.2) is 0 Å². The summed E-state index contributed by atoms with van der Waals surface area (Å²) in [4.78, 5) is 2.59. The van der Waals surface area contributed by atoms with Crippen molar-refractivity contribution in [3.8, 4) is 0 Å². The van der Waals surface area contributed by atoms with Crippen LogP contribution in [0.3, 0.4) is 0 Å². The highest BCUT2D eigenvalue weighted by Crippen LogP contribution is 2.21. The Balaban J connectivity index is 2.11. The lowest BCUT2D eigenvalue weighted by Gasteiger charge is -2.36. The number of nitrogens with one attached hydrogen (secondary N) is 1. The van der Waals surface area contributed by atoms with E-state index in [0.717, 1.165) is 13.1 Å². The van der Waals surface area contributed by atoms with E-state index in [0.29, 0.717) is 6.04 Å². The lowest BCUT2D eigenvalue weighted by Crippen LogP contribution is -2.46. The molecule has 0 radical (unpaired) electrons. The molecule has 82 valence electrons. The molecule has 1 heterocycles. The van der Waals surface area contributed by atoms with Crippen LogP contribution in [0.4, 0.5) is 0 Å². The molecule has 1 N–H and O–H groups in total. The summed E-state index contributed by atoms with van der Waals surface area (Å²) in [6.07, 6.45) is 1.24. The lowest BCUT2D eigenvalue weighted by atomic mass is 10.0. The second-order valence-corrected chi connectivity index (χ2v) is 4.17. The van der Waals surface area contributed by atoms with Crippen LogP contribution >= 0.6 is 0 Å². The fraction of sp³-hybridized carbons (Fsp3) is 0.538. The first-order valence-corrected chi connectivity index (χ1v) is 5.91. The summed E-state index contributed by atoms with van der Waals surface area (Å²) < 4.78 is 0. The van der Waals surface area contributed by atoms with Crippen molar-refractivity contribution in [1.82, 2.24) is 10.2 Å². The molecule has 1 fully saturated rings. The molecule has 0 saturated carbocycles. The van der Waals surface area contributed by atoms with Crippen LogP contribution in [0.5, 0.6) is 0 Å². The summed E-state index contributed by atoms with van der Waals surface area (Å²) in [6.45, 7) is 6.85. The Labute approximate surface area is 92.3 Å². The van der Waals surface area contributed by atoms with E-state index >= 15 is 0 Å². The molecule has 1 aromatic rings. The lowest BCUT2D eigenvalue weighted by molar-refractivity contribution is 0.162. The molecule has 1 atom stereocenters. The van der Waals surface area contributed by atoms with Gasteiger partial charge in [0.1, 0.15) is 0 Å². The molecule has 0 amide bonds. The van der Waals surface area contributed by atoms with Gasteiger partial charge in [-0.15, -0.1) is 0 Å². The van der Waals surface area contributed by atoms with E-state index in [9.17, 15) is 0 Å². The predicted octanol–water partition coefficient (Wildman–Crippen LogP) is 2.04. The molecule has 0 aliphatic carbocycles. The van der Waals surface area contributed by atoms with Crippen molar-refractivity contribution in [2.75, 3.05) is 26.2 Å². The van der Waals surface area contributed by atoms with Crippen molar-refractivity contribution >= 4 is 0 Å².